The molecule has 1 saturated heterocycles. The van der Waals surface area contributed by atoms with Gasteiger partial charge in [-0.1, -0.05) is 0 Å². The number of rotatable bonds is 5. The van der Waals surface area contributed by atoms with Crippen molar-refractivity contribution >= 4 is 27.3 Å². The number of nitrogens with one attached hydrogen (secondary N) is 1. The highest BCUT2D eigenvalue weighted by atomic mass is 32.2. The minimum atomic E-state index is -3.97. The molecule has 1 fully saturated rings. The lowest BCUT2D eigenvalue weighted by atomic mass is 10.1. The van der Waals surface area contributed by atoms with Crippen LogP contribution in [0.3, 0.4) is 0 Å². The van der Waals surface area contributed by atoms with E-state index in [4.69, 9.17) is 9.47 Å². The predicted molar refractivity (Wildman–Crippen MR) is 105 cm³/mol. The lowest BCUT2D eigenvalue weighted by molar-refractivity contribution is -0.127. The summed E-state index contributed by atoms with van der Waals surface area (Å²) in [7, 11) is -2.66. The average molecular weight is 420 g/mol. The van der Waals surface area contributed by atoms with E-state index in [1.54, 1.807) is 23.1 Å². The Bertz CT molecular complexity index is 1050. The van der Waals surface area contributed by atoms with Crippen LogP contribution in [0.4, 0.5) is 15.8 Å². The maximum absolute atomic E-state index is 13.9. The van der Waals surface area contributed by atoms with Crippen molar-refractivity contribution in [3.8, 4) is 5.75 Å². The third kappa shape index (κ3) is 3.79. The highest BCUT2D eigenvalue weighted by molar-refractivity contribution is 7.92. The number of methoxy groups -OCH3 is 1. The Hall–Kier alpha value is -2.65. The molecule has 2 aliphatic rings. The molecule has 1 N–H and O–H groups in total. The van der Waals surface area contributed by atoms with Gasteiger partial charge in [-0.2, -0.15) is 0 Å². The van der Waals surface area contributed by atoms with Gasteiger partial charge in [0.1, 0.15) is 6.10 Å². The van der Waals surface area contributed by atoms with Gasteiger partial charge in [-0.15, -0.1) is 0 Å². The minimum Gasteiger partial charge on any atom is -0.494 e. The molecule has 9 heteroatoms. The van der Waals surface area contributed by atoms with Gasteiger partial charge in [0.15, 0.2) is 11.6 Å². The van der Waals surface area contributed by atoms with Crippen molar-refractivity contribution in [3.63, 3.8) is 0 Å². The van der Waals surface area contributed by atoms with Crippen molar-refractivity contribution in [3.05, 3.63) is 47.8 Å². The van der Waals surface area contributed by atoms with E-state index in [-0.39, 0.29) is 16.6 Å². The Balaban J connectivity index is 1.54. The standard InChI is InChI=1S/C20H21FN2O5S/c1-27-18-7-5-15(12-16(18)21)29(25,26)22-14-4-6-17-13(11-14)8-9-23(17)20(24)19-3-2-10-28-19/h4-7,11-12,19,22H,2-3,8-10H2,1H3. The van der Waals surface area contributed by atoms with Crippen molar-refractivity contribution in [1.29, 1.82) is 0 Å². The van der Waals surface area contributed by atoms with Crippen molar-refractivity contribution in [2.75, 3.05) is 29.9 Å². The van der Waals surface area contributed by atoms with Crippen LogP contribution in [-0.4, -0.2) is 40.7 Å². The van der Waals surface area contributed by atoms with Crippen molar-refractivity contribution in [1.82, 2.24) is 0 Å². The normalized spacial score (nSPS) is 18.6. The number of halogens is 1. The van der Waals surface area contributed by atoms with Gasteiger partial charge in [0.2, 0.25) is 0 Å². The van der Waals surface area contributed by atoms with Crippen LogP contribution in [0.5, 0.6) is 5.75 Å². The molecule has 2 heterocycles. The Morgan fingerprint density at radius 2 is 2.10 bits per heavy atom. The SMILES string of the molecule is COc1ccc(S(=O)(=O)Nc2ccc3c(c2)CCN3C(=O)C2CCCO2)cc1F. The fourth-order valence-electron chi connectivity index (χ4n) is 3.67. The van der Waals surface area contributed by atoms with Gasteiger partial charge in [-0.25, -0.2) is 12.8 Å². The number of benzene rings is 2. The zero-order valence-electron chi connectivity index (χ0n) is 15.9. The zero-order chi connectivity index (χ0) is 20.6. The number of carbonyl (C=O) groups is 1. The van der Waals surface area contributed by atoms with Gasteiger partial charge in [0, 0.05) is 24.5 Å². The summed E-state index contributed by atoms with van der Waals surface area (Å²) in [5.41, 5.74) is 1.99. The van der Waals surface area contributed by atoms with Crippen molar-refractivity contribution in [2.45, 2.75) is 30.3 Å². The van der Waals surface area contributed by atoms with Gasteiger partial charge in [0.25, 0.3) is 15.9 Å². The number of sulfonamides is 1. The fraction of sp³-hybridized carbons (Fsp3) is 0.350. The van der Waals surface area contributed by atoms with E-state index in [2.05, 4.69) is 4.72 Å². The van der Waals surface area contributed by atoms with Crippen LogP contribution >= 0.6 is 0 Å². The molecule has 154 valence electrons. The number of anilines is 2. The molecule has 29 heavy (non-hydrogen) atoms. The highest BCUT2D eigenvalue weighted by Gasteiger charge is 2.32. The number of amides is 1. The van der Waals surface area contributed by atoms with E-state index in [1.807, 2.05) is 0 Å². The molecule has 1 atom stereocenters. The van der Waals surface area contributed by atoms with Crippen LogP contribution in [0.15, 0.2) is 41.3 Å². The number of hydrogen-bond donors (Lipinski definition) is 1. The van der Waals surface area contributed by atoms with E-state index in [0.717, 1.165) is 30.2 Å². The van der Waals surface area contributed by atoms with Crippen LogP contribution in [0, 0.1) is 5.82 Å². The van der Waals surface area contributed by atoms with Crippen LogP contribution in [0.25, 0.3) is 0 Å². The number of nitrogens with zero attached hydrogens (tertiary/aromatic N) is 1. The van der Waals surface area contributed by atoms with Crippen molar-refractivity contribution < 1.29 is 27.1 Å². The molecule has 2 aliphatic heterocycles. The quantitative estimate of drug-likeness (QED) is 0.804. The number of ether oxygens (including phenoxy) is 2. The lowest BCUT2D eigenvalue weighted by Gasteiger charge is -2.21. The fourth-order valence-corrected chi connectivity index (χ4v) is 4.73. The summed E-state index contributed by atoms with van der Waals surface area (Å²) < 4.78 is 51.8. The minimum absolute atomic E-state index is 0.0301. The highest BCUT2D eigenvalue weighted by Crippen LogP contribution is 2.33. The van der Waals surface area contributed by atoms with Gasteiger partial charge in [-0.3, -0.25) is 9.52 Å². The van der Waals surface area contributed by atoms with Gasteiger partial charge >= 0.3 is 0 Å². The summed E-state index contributed by atoms with van der Waals surface area (Å²) in [5, 5.41) is 0. The molecule has 0 radical (unpaired) electrons. The van der Waals surface area contributed by atoms with E-state index in [9.17, 15) is 17.6 Å². The molecule has 0 bridgehead atoms. The van der Waals surface area contributed by atoms with Crippen LogP contribution in [0.2, 0.25) is 0 Å². The largest absolute Gasteiger partial charge is 0.494 e. The van der Waals surface area contributed by atoms with Crippen LogP contribution in [-0.2, 0) is 26.0 Å². The first kappa shape index (κ1) is 19.7. The Morgan fingerprint density at radius 3 is 2.79 bits per heavy atom. The molecule has 4 rings (SSSR count). The van der Waals surface area contributed by atoms with Crippen LogP contribution < -0.4 is 14.4 Å². The maximum Gasteiger partial charge on any atom is 0.262 e. The second kappa shape index (κ2) is 7.64. The summed E-state index contributed by atoms with van der Waals surface area (Å²) in [5.74, 6) is -0.839. The van der Waals surface area contributed by atoms with E-state index < -0.39 is 21.9 Å². The van der Waals surface area contributed by atoms with Gasteiger partial charge < -0.3 is 14.4 Å². The molecular weight excluding hydrogens is 399 g/mol. The first-order chi connectivity index (χ1) is 13.9. The average Bonchev–Trinajstić information content (AvgIpc) is 3.37. The summed E-state index contributed by atoms with van der Waals surface area (Å²) in [4.78, 5) is 14.1. The summed E-state index contributed by atoms with van der Waals surface area (Å²) in [6, 6.07) is 8.48. The summed E-state index contributed by atoms with van der Waals surface area (Å²) in [6.45, 7) is 1.14. The van der Waals surface area contributed by atoms with E-state index >= 15 is 0 Å². The molecule has 1 amide bonds. The Morgan fingerprint density at radius 1 is 1.28 bits per heavy atom. The molecule has 0 saturated carbocycles. The Kier molecular flexibility index (Phi) is 5.18. The zero-order valence-corrected chi connectivity index (χ0v) is 16.7. The van der Waals surface area contributed by atoms with Crippen molar-refractivity contribution in [2.24, 2.45) is 0 Å². The smallest absolute Gasteiger partial charge is 0.262 e. The maximum atomic E-state index is 13.9. The first-order valence-corrected chi connectivity index (χ1v) is 10.8. The molecule has 0 aliphatic carbocycles. The molecule has 0 aromatic heterocycles. The van der Waals surface area contributed by atoms with Crippen LogP contribution in [0.1, 0.15) is 18.4 Å². The molecule has 2 aromatic carbocycles. The summed E-state index contributed by atoms with van der Waals surface area (Å²) >= 11 is 0. The van der Waals surface area contributed by atoms with E-state index in [0.29, 0.717) is 25.3 Å². The third-order valence-corrected chi connectivity index (χ3v) is 6.51. The monoisotopic (exact) mass is 420 g/mol. The number of carbonyl (C=O) groups excluding carboxylic acids is 1. The second-order valence-electron chi connectivity index (χ2n) is 6.99. The molecule has 1 unspecified atom stereocenters. The predicted octanol–water partition coefficient (Wildman–Crippen LogP) is 2.70. The van der Waals surface area contributed by atoms with Gasteiger partial charge in [0.05, 0.1) is 12.0 Å². The molecule has 7 nitrogen and oxygen atoms in total. The van der Waals surface area contributed by atoms with E-state index in [1.165, 1.54) is 19.2 Å². The molecular formula is C20H21FN2O5S. The topological polar surface area (TPSA) is 84.9 Å². The second-order valence-corrected chi connectivity index (χ2v) is 8.67. The number of hydrogen-bond acceptors (Lipinski definition) is 5. The summed E-state index contributed by atoms with van der Waals surface area (Å²) in [6.07, 6.45) is 1.83. The third-order valence-electron chi connectivity index (χ3n) is 5.13. The lowest BCUT2D eigenvalue weighted by Crippen LogP contribution is -2.37. The number of fused-ring (bicyclic) bond motifs is 1. The van der Waals surface area contributed by atoms with Gasteiger partial charge in [-0.05, 0) is 61.2 Å². The first-order valence-electron chi connectivity index (χ1n) is 9.31. The molecule has 2 aromatic rings. The Labute approximate surface area is 168 Å². The molecule has 0 spiro atoms.